The Labute approximate surface area is 108 Å². The molecule has 106 valence electrons. The predicted molar refractivity (Wildman–Crippen MR) is 66.2 cm³/mol. The van der Waals surface area contributed by atoms with Gasteiger partial charge in [0.15, 0.2) is 6.04 Å². The molecule has 0 bridgehead atoms. The van der Waals surface area contributed by atoms with Crippen LogP contribution in [-0.2, 0) is 19.1 Å². The van der Waals surface area contributed by atoms with E-state index in [-0.39, 0.29) is 31.0 Å². The van der Waals surface area contributed by atoms with Crippen molar-refractivity contribution < 1.29 is 24.8 Å². The van der Waals surface area contributed by atoms with E-state index in [0.29, 0.717) is 0 Å². The van der Waals surface area contributed by atoms with Gasteiger partial charge in [-0.25, -0.2) is 4.79 Å². The molecule has 0 aliphatic rings. The zero-order valence-corrected chi connectivity index (χ0v) is 11.6. The highest BCUT2D eigenvalue weighted by atomic mass is 16.6. The normalized spacial score (nSPS) is 14.4. The molecular formula is C12H25N2O4+. The van der Waals surface area contributed by atoms with Gasteiger partial charge in [0.1, 0.15) is 19.3 Å². The summed E-state index contributed by atoms with van der Waals surface area (Å²) in [6.45, 7) is 7.51. The van der Waals surface area contributed by atoms with E-state index >= 15 is 0 Å². The molecule has 0 aromatic carbocycles. The second-order valence-electron chi connectivity index (χ2n) is 4.96. The molecule has 0 aromatic heterocycles. The van der Waals surface area contributed by atoms with Crippen LogP contribution in [0.3, 0.4) is 0 Å². The molecule has 0 fully saturated rings. The number of nitrogens with two attached hydrogens (primary N) is 1. The lowest BCUT2D eigenvalue weighted by Gasteiger charge is -2.15. The zero-order valence-electron chi connectivity index (χ0n) is 11.6. The summed E-state index contributed by atoms with van der Waals surface area (Å²) in [6.07, 6.45) is 0. The van der Waals surface area contributed by atoms with Gasteiger partial charge in [-0.05, 0) is 5.92 Å². The molecule has 0 saturated heterocycles. The van der Waals surface area contributed by atoms with Gasteiger partial charge in [-0.1, -0.05) is 27.7 Å². The molecule has 0 radical (unpaired) electrons. The summed E-state index contributed by atoms with van der Waals surface area (Å²) in [5, 5.41) is 0. The zero-order chi connectivity index (χ0) is 14.3. The van der Waals surface area contributed by atoms with E-state index in [0.717, 1.165) is 0 Å². The molecule has 0 aromatic rings. The van der Waals surface area contributed by atoms with Gasteiger partial charge in [0.2, 0.25) is 0 Å². The van der Waals surface area contributed by atoms with Crippen LogP contribution in [0, 0.1) is 11.8 Å². The molecule has 0 aliphatic carbocycles. The third-order valence-corrected chi connectivity index (χ3v) is 2.67. The molecule has 2 atom stereocenters. The van der Waals surface area contributed by atoms with Gasteiger partial charge in [-0.15, -0.1) is 0 Å². The molecular weight excluding hydrogens is 236 g/mol. The van der Waals surface area contributed by atoms with Crippen molar-refractivity contribution in [3.8, 4) is 0 Å². The first-order valence-corrected chi connectivity index (χ1v) is 6.19. The molecule has 2 unspecified atom stereocenters. The first-order chi connectivity index (χ1) is 8.27. The lowest BCUT2D eigenvalue weighted by Crippen LogP contribution is -2.67. The van der Waals surface area contributed by atoms with Crippen LogP contribution in [0.4, 0.5) is 0 Å². The molecule has 0 heterocycles. The molecule has 0 spiro atoms. The van der Waals surface area contributed by atoms with Gasteiger partial charge in [0.05, 0.1) is 0 Å². The van der Waals surface area contributed by atoms with Crippen LogP contribution in [0.1, 0.15) is 27.7 Å². The van der Waals surface area contributed by atoms with Crippen LogP contribution < -0.4 is 11.5 Å². The van der Waals surface area contributed by atoms with Gasteiger partial charge < -0.3 is 20.9 Å². The second-order valence-corrected chi connectivity index (χ2v) is 4.96. The largest absolute Gasteiger partial charge is 0.461 e. The Kier molecular flexibility index (Phi) is 7.54. The first kappa shape index (κ1) is 16.9. The van der Waals surface area contributed by atoms with Gasteiger partial charge in [0, 0.05) is 5.92 Å². The van der Waals surface area contributed by atoms with Crippen LogP contribution in [0.15, 0.2) is 0 Å². The third-order valence-electron chi connectivity index (χ3n) is 2.67. The highest BCUT2D eigenvalue weighted by Gasteiger charge is 2.23. The topological polar surface area (TPSA) is 106 Å². The van der Waals surface area contributed by atoms with Crippen molar-refractivity contribution >= 4 is 11.9 Å². The average Bonchev–Trinajstić information content (AvgIpc) is 2.31. The molecule has 5 N–H and O–H groups in total. The fraction of sp³-hybridized carbons (Fsp3) is 0.833. The Balaban J connectivity index is 3.81. The minimum atomic E-state index is -0.642. The SMILES string of the molecule is CC(C)C(N)C(=O)OCCOC(=O)C([NH3+])C(C)C. The summed E-state index contributed by atoms with van der Waals surface area (Å²) in [5.74, 6) is -0.718. The molecule has 0 amide bonds. The maximum Gasteiger partial charge on any atom is 0.365 e. The Bertz CT molecular complexity index is 251. The number of hydrogen-bond acceptors (Lipinski definition) is 5. The van der Waals surface area contributed by atoms with Crippen LogP contribution in [0.5, 0.6) is 0 Å². The van der Waals surface area contributed by atoms with E-state index < -0.39 is 18.1 Å². The maximum atomic E-state index is 11.4. The maximum absolute atomic E-state index is 11.4. The van der Waals surface area contributed by atoms with E-state index in [1.807, 2.05) is 27.7 Å². The minimum absolute atomic E-state index is 0.0187. The van der Waals surface area contributed by atoms with Gasteiger partial charge in [-0.2, -0.15) is 0 Å². The molecule has 0 rings (SSSR count). The Morgan fingerprint density at radius 2 is 1.44 bits per heavy atom. The number of ether oxygens (including phenoxy) is 2. The standard InChI is InChI=1S/C12H24N2O4/c1-7(2)9(13)11(15)17-5-6-18-12(16)10(14)8(3)4/h7-10H,5-6,13-14H2,1-4H3/p+1. The van der Waals surface area contributed by atoms with E-state index in [9.17, 15) is 9.59 Å². The number of rotatable bonds is 7. The Morgan fingerprint density at radius 1 is 1.00 bits per heavy atom. The smallest absolute Gasteiger partial charge is 0.365 e. The molecule has 0 saturated carbocycles. The van der Waals surface area contributed by atoms with Crippen molar-refractivity contribution in [3.05, 3.63) is 0 Å². The highest BCUT2D eigenvalue weighted by molar-refractivity contribution is 5.76. The lowest BCUT2D eigenvalue weighted by atomic mass is 10.1. The van der Waals surface area contributed by atoms with E-state index in [2.05, 4.69) is 5.73 Å². The fourth-order valence-corrected chi connectivity index (χ4v) is 1.03. The van der Waals surface area contributed by atoms with Crippen molar-refractivity contribution in [2.75, 3.05) is 13.2 Å². The summed E-state index contributed by atoms with van der Waals surface area (Å²) >= 11 is 0. The predicted octanol–water partition coefficient (Wildman–Crippen LogP) is -0.677. The summed E-state index contributed by atoms with van der Waals surface area (Å²) < 4.78 is 9.83. The van der Waals surface area contributed by atoms with Gasteiger partial charge in [0.25, 0.3) is 0 Å². The van der Waals surface area contributed by atoms with E-state index in [1.54, 1.807) is 0 Å². The Morgan fingerprint density at radius 3 is 1.83 bits per heavy atom. The first-order valence-electron chi connectivity index (χ1n) is 6.19. The van der Waals surface area contributed by atoms with E-state index in [1.165, 1.54) is 0 Å². The summed E-state index contributed by atoms with van der Waals surface area (Å²) in [5.41, 5.74) is 9.30. The van der Waals surface area contributed by atoms with Crippen molar-refractivity contribution in [2.24, 2.45) is 17.6 Å². The highest BCUT2D eigenvalue weighted by Crippen LogP contribution is 2.01. The van der Waals surface area contributed by atoms with Crippen molar-refractivity contribution in [1.29, 1.82) is 0 Å². The van der Waals surface area contributed by atoms with Crippen molar-refractivity contribution in [3.63, 3.8) is 0 Å². The number of esters is 2. The monoisotopic (exact) mass is 261 g/mol. The quantitative estimate of drug-likeness (QED) is 0.466. The van der Waals surface area contributed by atoms with Crippen LogP contribution >= 0.6 is 0 Å². The Hall–Kier alpha value is -1.14. The van der Waals surface area contributed by atoms with Crippen LogP contribution in [0.25, 0.3) is 0 Å². The van der Waals surface area contributed by atoms with Crippen molar-refractivity contribution in [2.45, 2.75) is 39.8 Å². The summed E-state index contributed by atoms with van der Waals surface area (Å²) in [6, 6.07) is -1.05. The number of quaternary nitrogens is 1. The number of hydrogen-bond donors (Lipinski definition) is 2. The number of carbonyl (C=O) groups excluding carboxylic acids is 2. The minimum Gasteiger partial charge on any atom is -0.461 e. The van der Waals surface area contributed by atoms with E-state index in [4.69, 9.17) is 15.2 Å². The van der Waals surface area contributed by atoms with Crippen molar-refractivity contribution in [1.82, 2.24) is 0 Å². The van der Waals surface area contributed by atoms with Crippen LogP contribution in [-0.4, -0.2) is 37.2 Å². The summed E-state index contributed by atoms with van der Waals surface area (Å²) in [7, 11) is 0. The molecule has 6 nitrogen and oxygen atoms in total. The summed E-state index contributed by atoms with van der Waals surface area (Å²) in [4.78, 5) is 22.8. The van der Waals surface area contributed by atoms with Gasteiger partial charge in [-0.3, -0.25) is 4.79 Å². The third kappa shape index (κ3) is 5.97. The second kappa shape index (κ2) is 8.05. The van der Waals surface area contributed by atoms with Gasteiger partial charge >= 0.3 is 11.9 Å². The van der Waals surface area contributed by atoms with Crippen LogP contribution in [0.2, 0.25) is 0 Å². The lowest BCUT2D eigenvalue weighted by molar-refractivity contribution is -0.418. The molecule has 6 heteroatoms. The molecule has 18 heavy (non-hydrogen) atoms. The molecule has 0 aliphatic heterocycles. The number of carbonyl (C=O) groups is 2. The fourth-order valence-electron chi connectivity index (χ4n) is 1.03. The average molecular weight is 261 g/mol.